The number of hydrogen-bond donors (Lipinski definition) is 2. The number of nitrogens with one attached hydrogen (secondary N) is 1. The maximum absolute atomic E-state index is 13.7. The van der Waals surface area contributed by atoms with Crippen molar-refractivity contribution in [3.05, 3.63) is 58.3 Å². The van der Waals surface area contributed by atoms with Gasteiger partial charge in [-0.15, -0.1) is 0 Å². The first-order valence-corrected chi connectivity index (χ1v) is 8.40. The monoisotopic (exact) mass is 372 g/mol. The SMILES string of the molecule is CC(NS(=O)(=O)c1cc(N)ccc1Br)c1ccccc1F. The Labute approximate surface area is 131 Å². The Bertz CT molecular complexity index is 765. The zero-order chi connectivity index (χ0) is 15.6. The number of anilines is 1. The van der Waals surface area contributed by atoms with Crippen LogP contribution in [0.2, 0.25) is 0 Å². The van der Waals surface area contributed by atoms with Crippen LogP contribution in [0.15, 0.2) is 51.8 Å². The summed E-state index contributed by atoms with van der Waals surface area (Å²) in [4.78, 5) is 0.0192. The standard InChI is InChI=1S/C14H14BrFN2O2S/c1-9(11-4-2-3-5-13(11)16)18-21(19,20)14-8-10(17)6-7-12(14)15/h2-9,18H,17H2,1H3. The summed E-state index contributed by atoms with van der Waals surface area (Å²) in [7, 11) is -3.82. The maximum Gasteiger partial charge on any atom is 0.242 e. The van der Waals surface area contributed by atoms with Gasteiger partial charge >= 0.3 is 0 Å². The molecule has 0 aliphatic heterocycles. The average molecular weight is 373 g/mol. The summed E-state index contributed by atoms with van der Waals surface area (Å²) in [5, 5.41) is 0. The first-order chi connectivity index (χ1) is 9.81. The summed E-state index contributed by atoms with van der Waals surface area (Å²) in [6, 6.07) is 9.81. The number of halogens is 2. The van der Waals surface area contributed by atoms with Gasteiger partial charge in [-0.05, 0) is 47.1 Å². The molecule has 4 nitrogen and oxygen atoms in total. The average Bonchev–Trinajstić information content (AvgIpc) is 2.41. The minimum absolute atomic E-state index is 0.0192. The van der Waals surface area contributed by atoms with Gasteiger partial charge in [0.25, 0.3) is 0 Å². The van der Waals surface area contributed by atoms with E-state index in [1.165, 1.54) is 18.2 Å². The predicted octanol–water partition coefficient (Wildman–Crippen LogP) is 3.21. The van der Waals surface area contributed by atoms with E-state index in [1.54, 1.807) is 31.2 Å². The number of benzene rings is 2. The third kappa shape index (κ3) is 3.61. The third-order valence-electron chi connectivity index (χ3n) is 2.95. The van der Waals surface area contributed by atoms with Gasteiger partial charge < -0.3 is 5.73 Å². The van der Waals surface area contributed by atoms with Crippen molar-refractivity contribution in [1.29, 1.82) is 0 Å². The lowest BCUT2D eigenvalue weighted by molar-refractivity contribution is 0.549. The molecule has 1 unspecified atom stereocenters. The molecular weight excluding hydrogens is 359 g/mol. The molecule has 0 aliphatic rings. The maximum atomic E-state index is 13.7. The second-order valence-electron chi connectivity index (χ2n) is 4.55. The minimum atomic E-state index is -3.82. The van der Waals surface area contributed by atoms with Gasteiger partial charge in [0.1, 0.15) is 5.82 Å². The first-order valence-electron chi connectivity index (χ1n) is 6.13. The Morgan fingerprint density at radius 1 is 1.24 bits per heavy atom. The van der Waals surface area contributed by atoms with Crippen LogP contribution in [0.1, 0.15) is 18.5 Å². The van der Waals surface area contributed by atoms with E-state index in [-0.39, 0.29) is 10.5 Å². The fraction of sp³-hybridized carbons (Fsp3) is 0.143. The van der Waals surface area contributed by atoms with E-state index in [0.29, 0.717) is 10.2 Å². The number of hydrogen-bond acceptors (Lipinski definition) is 3. The van der Waals surface area contributed by atoms with Gasteiger partial charge in [-0.3, -0.25) is 0 Å². The van der Waals surface area contributed by atoms with E-state index in [4.69, 9.17) is 5.73 Å². The molecule has 21 heavy (non-hydrogen) atoms. The molecule has 2 rings (SSSR count). The topological polar surface area (TPSA) is 72.2 Å². The summed E-state index contributed by atoms with van der Waals surface area (Å²) < 4.78 is 41.3. The lowest BCUT2D eigenvalue weighted by Gasteiger charge is -2.16. The molecule has 0 saturated carbocycles. The molecular formula is C14H14BrFN2O2S. The van der Waals surface area contributed by atoms with Crippen LogP contribution in [0.4, 0.5) is 10.1 Å². The van der Waals surface area contributed by atoms with Crippen LogP contribution >= 0.6 is 15.9 Å². The van der Waals surface area contributed by atoms with Gasteiger partial charge in [-0.1, -0.05) is 18.2 Å². The van der Waals surface area contributed by atoms with Crippen molar-refractivity contribution in [1.82, 2.24) is 4.72 Å². The van der Waals surface area contributed by atoms with Crippen molar-refractivity contribution in [3.63, 3.8) is 0 Å². The largest absolute Gasteiger partial charge is 0.399 e. The van der Waals surface area contributed by atoms with Gasteiger partial charge in [0.15, 0.2) is 0 Å². The fourth-order valence-electron chi connectivity index (χ4n) is 1.91. The van der Waals surface area contributed by atoms with Crippen LogP contribution in [0.3, 0.4) is 0 Å². The molecule has 0 saturated heterocycles. The molecule has 0 heterocycles. The Balaban J connectivity index is 2.34. The molecule has 0 aromatic heterocycles. The molecule has 0 radical (unpaired) electrons. The second-order valence-corrected chi connectivity index (χ2v) is 7.09. The molecule has 0 bridgehead atoms. The molecule has 0 amide bonds. The van der Waals surface area contributed by atoms with Crippen molar-refractivity contribution in [2.75, 3.05) is 5.73 Å². The highest BCUT2D eigenvalue weighted by Gasteiger charge is 2.22. The van der Waals surface area contributed by atoms with Gasteiger partial charge in [0, 0.05) is 21.8 Å². The Morgan fingerprint density at radius 3 is 2.57 bits per heavy atom. The van der Waals surface area contributed by atoms with Crippen LogP contribution in [0.25, 0.3) is 0 Å². The van der Waals surface area contributed by atoms with Crippen molar-refractivity contribution in [2.24, 2.45) is 0 Å². The van der Waals surface area contributed by atoms with E-state index in [0.717, 1.165) is 0 Å². The zero-order valence-corrected chi connectivity index (χ0v) is 13.6. The van der Waals surface area contributed by atoms with Crippen LogP contribution < -0.4 is 10.5 Å². The molecule has 112 valence electrons. The summed E-state index contributed by atoms with van der Waals surface area (Å²) in [5.74, 6) is -0.459. The van der Waals surface area contributed by atoms with Crippen molar-refractivity contribution >= 4 is 31.6 Å². The molecule has 7 heteroatoms. The van der Waals surface area contributed by atoms with Gasteiger partial charge in [-0.2, -0.15) is 0 Å². The van der Waals surface area contributed by atoms with Gasteiger partial charge in [-0.25, -0.2) is 17.5 Å². The number of nitrogen functional groups attached to an aromatic ring is 1. The van der Waals surface area contributed by atoms with E-state index in [2.05, 4.69) is 20.7 Å². The van der Waals surface area contributed by atoms with Crippen LogP contribution in [-0.4, -0.2) is 8.42 Å². The quantitative estimate of drug-likeness (QED) is 0.809. The Hall–Kier alpha value is -1.44. The van der Waals surface area contributed by atoms with Crippen molar-refractivity contribution in [2.45, 2.75) is 17.9 Å². The van der Waals surface area contributed by atoms with E-state index in [9.17, 15) is 12.8 Å². The lowest BCUT2D eigenvalue weighted by Crippen LogP contribution is -2.27. The number of rotatable bonds is 4. The number of nitrogens with two attached hydrogens (primary N) is 1. The van der Waals surface area contributed by atoms with Gasteiger partial charge in [0.2, 0.25) is 10.0 Å². The van der Waals surface area contributed by atoms with E-state index < -0.39 is 21.9 Å². The molecule has 0 fully saturated rings. The Morgan fingerprint density at radius 2 is 1.90 bits per heavy atom. The lowest BCUT2D eigenvalue weighted by atomic mass is 10.1. The smallest absolute Gasteiger partial charge is 0.242 e. The number of sulfonamides is 1. The summed E-state index contributed by atoms with van der Waals surface area (Å²) >= 11 is 3.18. The summed E-state index contributed by atoms with van der Waals surface area (Å²) in [6.07, 6.45) is 0. The van der Waals surface area contributed by atoms with Crippen molar-refractivity contribution in [3.8, 4) is 0 Å². The first kappa shape index (κ1) is 15.9. The molecule has 0 aliphatic carbocycles. The van der Waals surface area contributed by atoms with Crippen LogP contribution in [0, 0.1) is 5.82 Å². The van der Waals surface area contributed by atoms with Crippen LogP contribution in [-0.2, 0) is 10.0 Å². The highest BCUT2D eigenvalue weighted by Crippen LogP contribution is 2.26. The Kier molecular flexibility index (Phi) is 4.65. The van der Waals surface area contributed by atoms with Crippen LogP contribution in [0.5, 0.6) is 0 Å². The van der Waals surface area contributed by atoms with E-state index in [1.807, 2.05) is 0 Å². The highest BCUT2D eigenvalue weighted by molar-refractivity contribution is 9.10. The van der Waals surface area contributed by atoms with E-state index >= 15 is 0 Å². The minimum Gasteiger partial charge on any atom is -0.399 e. The highest BCUT2D eigenvalue weighted by atomic mass is 79.9. The second kappa shape index (κ2) is 6.13. The third-order valence-corrected chi connectivity index (χ3v) is 5.48. The normalized spacial score (nSPS) is 13.1. The van der Waals surface area contributed by atoms with Crippen molar-refractivity contribution < 1.29 is 12.8 Å². The zero-order valence-electron chi connectivity index (χ0n) is 11.2. The molecule has 2 aromatic carbocycles. The summed E-state index contributed by atoms with van der Waals surface area (Å²) in [6.45, 7) is 1.58. The molecule has 2 aromatic rings. The predicted molar refractivity (Wildman–Crippen MR) is 83.7 cm³/mol. The summed E-state index contributed by atoms with van der Waals surface area (Å²) in [5.41, 5.74) is 6.23. The fourth-order valence-corrected chi connectivity index (χ4v) is 4.13. The molecule has 0 spiro atoms. The van der Waals surface area contributed by atoms with Gasteiger partial charge in [0.05, 0.1) is 4.90 Å². The molecule has 3 N–H and O–H groups in total. The molecule has 1 atom stereocenters.